The number of benzene rings is 1. The Morgan fingerprint density at radius 3 is 2.63 bits per heavy atom. The summed E-state index contributed by atoms with van der Waals surface area (Å²) in [6, 6.07) is 7.43. The first-order chi connectivity index (χ1) is 12.5. The molecule has 2 fully saturated rings. The van der Waals surface area contributed by atoms with Gasteiger partial charge in [-0.1, -0.05) is 65.1 Å². The molecule has 1 saturated carbocycles. The minimum Gasteiger partial charge on any atom is -0.334 e. The fourth-order valence-corrected chi connectivity index (χ4v) is 6.46. The molecule has 2 aliphatic rings. The molecule has 0 aromatic heterocycles. The molecule has 1 aliphatic heterocycles. The highest BCUT2D eigenvalue weighted by Crippen LogP contribution is 2.60. The summed E-state index contributed by atoms with van der Waals surface area (Å²) in [5.41, 5.74) is 0.710. The van der Waals surface area contributed by atoms with Gasteiger partial charge >= 0.3 is 0 Å². The Kier molecular flexibility index (Phi) is 6.03. The summed E-state index contributed by atoms with van der Waals surface area (Å²) in [6.45, 7) is 4.41. The maximum Gasteiger partial charge on any atom is 0.227 e. The quantitative estimate of drug-likeness (QED) is 0.603. The van der Waals surface area contributed by atoms with Crippen molar-refractivity contribution < 1.29 is 13.2 Å². The van der Waals surface area contributed by atoms with E-state index in [4.69, 9.17) is 23.2 Å². The van der Waals surface area contributed by atoms with E-state index in [0.717, 1.165) is 10.0 Å². The number of amides is 1. The standard InChI is InChI=1S/C19H22BrCl2NO3S/c1-19(2)15(9-16(21)22)17(19)18(24)23(14-6-7-27(25,26)11-14)10-12-4-3-5-13(20)8-12/h3-5,8-9,14-15,17H,6-7,10-11H2,1-2H3/t14-,15-,17+/m1/s1. The molecular formula is C19H22BrCl2NO3S. The van der Waals surface area contributed by atoms with E-state index < -0.39 is 9.84 Å². The lowest BCUT2D eigenvalue weighted by atomic mass is 10.1. The predicted octanol–water partition coefficient (Wildman–Crippen LogP) is 4.56. The van der Waals surface area contributed by atoms with Gasteiger partial charge in [-0.25, -0.2) is 8.42 Å². The zero-order valence-corrected chi connectivity index (χ0v) is 19.1. The van der Waals surface area contributed by atoms with Crippen LogP contribution >= 0.6 is 39.1 Å². The van der Waals surface area contributed by atoms with Crippen molar-refractivity contribution in [1.82, 2.24) is 4.90 Å². The smallest absolute Gasteiger partial charge is 0.227 e. The van der Waals surface area contributed by atoms with Crippen LogP contribution in [0.4, 0.5) is 0 Å². The van der Waals surface area contributed by atoms with E-state index in [1.54, 1.807) is 11.0 Å². The molecule has 0 N–H and O–H groups in total. The summed E-state index contributed by atoms with van der Waals surface area (Å²) in [5.74, 6) is -0.169. The van der Waals surface area contributed by atoms with Crippen LogP contribution in [0.1, 0.15) is 25.8 Å². The molecule has 1 saturated heterocycles. The van der Waals surface area contributed by atoms with Gasteiger partial charge in [0.15, 0.2) is 9.84 Å². The third-order valence-corrected chi connectivity index (χ3v) is 8.15. The second-order valence-electron chi connectivity index (χ2n) is 7.93. The largest absolute Gasteiger partial charge is 0.334 e. The molecule has 0 radical (unpaired) electrons. The van der Waals surface area contributed by atoms with Crippen molar-refractivity contribution in [2.75, 3.05) is 11.5 Å². The molecule has 1 aliphatic carbocycles. The normalized spacial score (nSPS) is 27.8. The molecule has 3 rings (SSSR count). The summed E-state index contributed by atoms with van der Waals surface area (Å²) in [7, 11) is -3.10. The average molecular weight is 495 g/mol. The van der Waals surface area contributed by atoms with Crippen LogP contribution in [0.25, 0.3) is 0 Å². The summed E-state index contributed by atoms with van der Waals surface area (Å²) < 4.78 is 25.1. The highest BCUT2D eigenvalue weighted by atomic mass is 79.9. The van der Waals surface area contributed by atoms with Crippen LogP contribution in [0.3, 0.4) is 0 Å². The molecule has 1 aromatic carbocycles. The first-order valence-electron chi connectivity index (χ1n) is 8.79. The maximum absolute atomic E-state index is 13.4. The zero-order valence-electron chi connectivity index (χ0n) is 15.2. The van der Waals surface area contributed by atoms with Crippen LogP contribution in [0.5, 0.6) is 0 Å². The molecule has 0 bridgehead atoms. The molecule has 148 valence electrons. The molecule has 0 unspecified atom stereocenters. The van der Waals surface area contributed by atoms with Gasteiger partial charge in [-0.3, -0.25) is 4.79 Å². The van der Waals surface area contributed by atoms with Crippen LogP contribution in [0, 0.1) is 17.3 Å². The number of hydrogen-bond acceptors (Lipinski definition) is 3. The van der Waals surface area contributed by atoms with E-state index in [-0.39, 0.29) is 45.2 Å². The van der Waals surface area contributed by atoms with Crippen LogP contribution < -0.4 is 0 Å². The lowest BCUT2D eigenvalue weighted by Crippen LogP contribution is -2.42. The maximum atomic E-state index is 13.4. The Morgan fingerprint density at radius 2 is 2.07 bits per heavy atom. The van der Waals surface area contributed by atoms with Crippen molar-refractivity contribution in [3.63, 3.8) is 0 Å². The van der Waals surface area contributed by atoms with Crippen molar-refractivity contribution >= 4 is 54.9 Å². The number of carbonyl (C=O) groups excluding carboxylic acids is 1. The van der Waals surface area contributed by atoms with Crippen LogP contribution in [-0.2, 0) is 21.2 Å². The van der Waals surface area contributed by atoms with Crippen molar-refractivity contribution in [3.8, 4) is 0 Å². The SMILES string of the molecule is CC1(C)[C@H](C=C(Cl)Cl)[C@H]1C(=O)N(Cc1cccc(Br)c1)[C@@H]1CCS(=O)(=O)C1. The summed E-state index contributed by atoms with van der Waals surface area (Å²) in [6.07, 6.45) is 2.19. The van der Waals surface area contributed by atoms with E-state index in [0.29, 0.717) is 13.0 Å². The molecule has 1 aromatic rings. The highest BCUT2D eigenvalue weighted by Gasteiger charge is 2.62. The van der Waals surface area contributed by atoms with Gasteiger partial charge in [0.1, 0.15) is 4.49 Å². The molecule has 8 heteroatoms. The molecule has 1 heterocycles. The first-order valence-corrected chi connectivity index (χ1v) is 12.2. The number of carbonyl (C=O) groups is 1. The minimum absolute atomic E-state index is 0.0245. The third kappa shape index (κ3) is 4.72. The Hall–Kier alpha value is -0.560. The van der Waals surface area contributed by atoms with Gasteiger partial charge in [-0.2, -0.15) is 0 Å². The lowest BCUT2D eigenvalue weighted by molar-refractivity contribution is -0.136. The van der Waals surface area contributed by atoms with E-state index in [9.17, 15) is 13.2 Å². The van der Waals surface area contributed by atoms with Crippen molar-refractivity contribution in [2.24, 2.45) is 17.3 Å². The van der Waals surface area contributed by atoms with Gasteiger partial charge in [0.2, 0.25) is 5.91 Å². The summed E-state index contributed by atoms with van der Waals surface area (Å²) >= 11 is 15.1. The first kappa shape index (κ1) is 21.2. The second-order valence-corrected chi connectivity index (χ2v) is 12.1. The van der Waals surface area contributed by atoms with E-state index >= 15 is 0 Å². The topological polar surface area (TPSA) is 54.5 Å². The predicted molar refractivity (Wildman–Crippen MR) is 112 cm³/mol. The molecule has 1 amide bonds. The van der Waals surface area contributed by atoms with Gasteiger partial charge in [0.05, 0.1) is 17.4 Å². The molecule has 27 heavy (non-hydrogen) atoms. The molecule has 0 spiro atoms. The highest BCUT2D eigenvalue weighted by molar-refractivity contribution is 9.10. The minimum atomic E-state index is -3.10. The van der Waals surface area contributed by atoms with Crippen molar-refractivity contribution in [3.05, 3.63) is 44.9 Å². The van der Waals surface area contributed by atoms with E-state index in [2.05, 4.69) is 15.9 Å². The Bertz CT molecular complexity index is 881. The monoisotopic (exact) mass is 493 g/mol. The zero-order chi connectivity index (χ0) is 20.0. The fraction of sp³-hybridized carbons (Fsp3) is 0.526. The Balaban J connectivity index is 1.88. The molecule has 3 atom stereocenters. The third-order valence-electron chi connectivity index (χ3n) is 5.66. The average Bonchev–Trinajstić information content (AvgIpc) is 2.88. The van der Waals surface area contributed by atoms with Crippen LogP contribution in [0.2, 0.25) is 0 Å². The number of sulfone groups is 1. The number of nitrogens with zero attached hydrogens (tertiary/aromatic N) is 1. The molecular weight excluding hydrogens is 473 g/mol. The second kappa shape index (κ2) is 7.69. The van der Waals surface area contributed by atoms with Crippen LogP contribution in [-0.4, -0.2) is 36.8 Å². The summed E-state index contributed by atoms with van der Waals surface area (Å²) in [5, 5.41) is 0. The number of rotatable bonds is 5. The van der Waals surface area contributed by atoms with Gasteiger partial charge in [-0.15, -0.1) is 0 Å². The number of halogens is 3. The fourth-order valence-electron chi connectivity index (χ4n) is 4.01. The van der Waals surface area contributed by atoms with Crippen molar-refractivity contribution in [2.45, 2.75) is 32.9 Å². The van der Waals surface area contributed by atoms with Gasteiger partial charge < -0.3 is 4.90 Å². The lowest BCUT2D eigenvalue weighted by Gasteiger charge is -2.29. The number of allylic oxidation sites excluding steroid dienone is 1. The van der Waals surface area contributed by atoms with Crippen molar-refractivity contribution in [1.29, 1.82) is 0 Å². The number of hydrogen-bond donors (Lipinski definition) is 0. The van der Waals surface area contributed by atoms with Gasteiger partial charge in [0, 0.05) is 17.1 Å². The Morgan fingerprint density at radius 1 is 1.37 bits per heavy atom. The molecule has 4 nitrogen and oxygen atoms in total. The van der Waals surface area contributed by atoms with Gasteiger partial charge in [-0.05, 0) is 41.5 Å². The van der Waals surface area contributed by atoms with Crippen LogP contribution in [0.15, 0.2) is 39.3 Å². The van der Waals surface area contributed by atoms with E-state index in [1.165, 1.54) is 0 Å². The van der Waals surface area contributed by atoms with E-state index in [1.807, 2.05) is 38.1 Å². The summed E-state index contributed by atoms with van der Waals surface area (Å²) in [4.78, 5) is 15.1. The Labute approximate surface area is 178 Å². The van der Waals surface area contributed by atoms with Gasteiger partial charge in [0.25, 0.3) is 0 Å².